The van der Waals surface area contributed by atoms with Crippen molar-refractivity contribution in [3.63, 3.8) is 0 Å². The number of aliphatic hydroxyl groups is 1. The lowest BCUT2D eigenvalue weighted by atomic mass is 9.81. The Balaban J connectivity index is 4.44. The molecule has 0 heterocycles. The lowest BCUT2D eigenvalue weighted by Crippen LogP contribution is -2.48. The molecule has 4 N–H and O–H groups in total. The molecule has 0 spiro atoms. The highest BCUT2D eigenvalue weighted by atomic mass is 16.3. The summed E-state index contributed by atoms with van der Waals surface area (Å²) in [5.41, 5.74) is 5.15. The van der Waals surface area contributed by atoms with E-state index < -0.39 is 5.41 Å². The Labute approximate surface area is 85.9 Å². The van der Waals surface area contributed by atoms with Gasteiger partial charge in [-0.25, -0.2) is 0 Å². The normalized spacial score (nSPS) is 13.8. The smallest absolute Gasteiger partial charge is 0.227 e. The molecule has 0 saturated heterocycles. The van der Waals surface area contributed by atoms with Gasteiger partial charge in [0.15, 0.2) is 0 Å². The molecule has 84 valence electrons. The van der Waals surface area contributed by atoms with Crippen molar-refractivity contribution in [3.05, 3.63) is 0 Å². The average molecular weight is 202 g/mol. The van der Waals surface area contributed by atoms with Crippen LogP contribution in [-0.2, 0) is 4.79 Å². The maximum atomic E-state index is 11.8. The number of rotatable bonds is 6. The van der Waals surface area contributed by atoms with Gasteiger partial charge in [-0.1, -0.05) is 13.8 Å². The molecule has 0 aliphatic heterocycles. The van der Waals surface area contributed by atoms with Crippen molar-refractivity contribution in [3.8, 4) is 0 Å². The van der Waals surface area contributed by atoms with Crippen LogP contribution in [0.15, 0.2) is 0 Å². The van der Waals surface area contributed by atoms with Crippen molar-refractivity contribution >= 4 is 5.91 Å². The minimum absolute atomic E-state index is 0.0418. The number of nitrogens with one attached hydrogen (secondary N) is 1. The summed E-state index contributed by atoms with van der Waals surface area (Å²) in [4.78, 5) is 11.8. The Morgan fingerprint density at radius 3 is 2.29 bits per heavy atom. The van der Waals surface area contributed by atoms with Crippen molar-refractivity contribution in [2.24, 2.45) is 11.1 Å². The summed E-state index contributed by atoms with van der Waals surface area (Å²) < 4.78 is 0. The Hall–Kier alpha value is -0.610. The highest BCUT2D eigenvalue weighted by Crippen LogP contribution is 2.24. The van der Waals surface area contributed by atoms with Gasteiger partial charge in [-0.15, -0.1) is 0 Å². The standard InChI is InChI=1S/C10H22N2O2/c1-4-10(5-2,7-11)9(14)12-8(3)6-13/h8,13H,4-7,11H2,1-3H3,(H,12,14)/t8-/m0/s1. The lowest BCUT2D eigenvalue weighted by molar-refractivity contribution is -0.132. The maximum Gasteiger partial charge on any atom is 0.227 e. The molecule has 4 heteroatoms. The third-order valence-corrected chi connectivity index (χ3v) is 2.88. The number of hydrogen-bond donors (Lipinski definition) is 3. The van der Waals surface area contributed by atoms with Gasteiger partial charge in [0.25, 0.3) is 0 Å². The summed E-state index contributed by atoms with van der Waals surface area (Å²) in [6.45, 7) is 5.99. The molecule has 0 unspecified atom stereocenters. The van der Waals surface area contributed by atoms with Gasteiger partial charge in [0.2, 0.25) is 5.91 Å². The highest BCUT2D eigenvalue weighted by molar-refractivity contribution is 5.83. The van der Waals surface area contributed by atoms with Gasteiger partial charge in [-0.2, -0.15) is 0 Å². The van der Waals surface area contributed by atoms with Crippen LogP contribution < -0.4 is 11.1 Å². The second-order valence-electron chi connectivity index (χ2n) is 3.75. The number of carbonyl (C=O) groups excluding carboxylic acids is 1. The van der Waals surface area contributed by atoms with Crippen LogP contribution in [0.2, 0.25) is 0 Å². The largest absolute Gasteiger partial charge is 0.394 e. The van der Waals surface area contributed by atoms with E-state index in [2.05, 4.69) is 5.32 Å². The lowest BCUT2D eigenvalue weighted by Gasteiger charge is -2.29. The summed E-state index contributed by atoms with van der Waals surface area (Å²) >= 11 is 0. The quantitative estimate of drug-likeness (QED) is 0.578. The van der Waals surface area contributed by atoms with Crippen molar-refractivity contribution in [2.45, 2.75) is 39.7 Å². The van der Waals surface area contributed by atoms with Crippen LogP contribution in [0, 0.1) is 5.41 Å². The van der Waals surface area contributed by atoms with Gasteiger partial charge in [0, 0.05) is 12.6 Å². The van der Waals surface area contributed by atoms with Gasteiger partial charge in [-0.05, 0) is 19.8 Å². The van der Waals surface area contributed by atoms with E-state index in [1.807, 2.05) is 13.8 Å². The first-order chi connectivity index (χ1) is 6.56. The number of aliphatic hydroxyl groups excluding tert-OH is 1. The van der Waals surface area contributed by atoms with Gasteiger partial charge in [0.1, 0.15) is 0 Å². The van der Waals surface area contributed by atoms with Gasteiger partial charge >= 0.3 is 0 Å². The fourth-order valence-electron chi connectivity index (χ4n) is 1.38. The molecule has 0 aliphatic rings. The predicted molar refractivity (Wildman–Crippen MR) is 56.8 cm³/mol. The monoisotopic (exact) mass is 202 g/mol. The zero-order chi connectivity index (χ0) is 11.2. The first-order valence-corrected chi connectivity index (χ1v) is 5.18. The molecule has 0 aromatic carbocycles. The van der Waals surface area contributed by atoms with E-state index >= 15 is 0 Å². The van der Waals surface area contributed by atoms with Crippen LogP contribution in [0.25, 0.3) is 0 Å². The predicted octanol–water partition coefficient (Wildman–Crippen LogP) is 0.249. The van der Waals surface area contributed by atoms with E-state index in [9.17, 15) is 4.79 Å². The number of carbonyl (C=O) groups is 1. The number of nitrogens with two attached hydrogens (primary N) is 1. The molecular weight excluding hydrogens is 180 g/mol. The topological polar surface area (TPSA) is 75.4 Å². The van der Waals surface area contributed by atoms with E-state index in [0.717, 1.165) is 12.8 Å². The van der Waals surface area contributed by atoms with E-state index in [0.29, 0.717) is 6.54 Å². The highest BCUT2D eigenvalue weighted by Gasteiger charge is 2.33. The van der Waals surface area contributed by atoms with E-state index in [4.69, 9.17) is 10.8 Å². The van der Waals surface area contributed by atoms with Crippen LogP contribution in [-0.4, -0.2) is 30.2 Å². The minimum atomic E-state index is -0.469. The molecule has 0 aromatic rings. The summed E-state index contributed by atoms with van der Waals surface area (Å²) in [5.74, 6) is -0.0495. The Morgan fingerprint density at radius 2 is 2.00 bits per heavy atom. The molecule has 0 rings (SSSR count). The van der Waals surface area contributed by atoms with Gasteiger partial charge in [0.05, 0.1) is 12.0 Å². The molecule has 0 radical (unpaired) electrons. The third kappa shape index (κ3) is 2.96. The van der Waals surface area contributed by atoms with E-state index in [1.54, 1.807) is 6.92 Å². The summed E-state index contributed by atoms with van der Waals surface area (Å²) in [6.07, 6.45) is 1.45. The number of hydrogen-bond acceptors (Lipinski definition) is 3. The molecule has 1 amide bonds. The molecule has 0 fully saturated rings. The van der Waals surface area contributed by atoms with Crippen molar-refractivity contribution in [2.75, 3.05) is 13.2 Å². The molecule has 14 heavy (non-hydrogen) atoms. The van der Waals surface area contributed by atoms with Crippen LogP contribution in [0.1, 0.15) is 33.6 Å². The molecule has 0 aromatic heterocycles. The molecular formula is C10H22N2O2. The Kier molecular flexibility index (Phi) is 5.72. The second kappa shape index (κ2) is 5.98. The maximum absolute atomic E-state index is 11.8. The van der Waals surface area contributed by atoms with E-state index in [-0.39, 0.29) is 18.6 Å². The van der Waals surface area contributed by atoms with E-state index in [1.165, 1.54) is 0 Å². The van der Waals surface area contributed by atoms with Gasteiger partial charge < -0.3 is 16.2 Å². The summed E-state index contributed by atoms with van der Waals surface area (Å²) in [6, 6.07) is -0.202. The van der Waals surface area contributed by atoms with Gasteiger partial charge in [-0.3, -0.25) is 4.79 Å². The molecule has 0 aliphatic carbocycles. The van der Waals surface area contributed by atoms with Crippen LogP contribution in [0.3, 0.4) is 0 Å². The van der Waals surface area contributed by atoms with Crippen molar-refractivity contribution in [1.29, 1.82) is 0 Å². The SMILES string of the molecule is CCC(CC)(CN)C(=O)N[C@@H](C)CO. The fourth-order valence-corrected chi connectivity index (χ4v) is 1.38. The summed E-state index contributed by atoms with van der Waals surface area (Å²) in [5, 5.41) is 11.6. The Bertz CT molecular complexity index is 171. The van der Waals surface area contributed by atoms with Crippen molar-refractivity contribution in [1.82, 2.24) is 5.32 Å². The Morgan fingerprint density at radius 1 is 1.50 bits per heavy atom. The zero-order valence-corrected chi connectivity index (χ0v) is 9.34. The second-order valence-corrected chi connectivity index (χ2v) is 3.75. The first-order valence-electron chi connectivity index (χ1n) is 5.18. The van der Waals surface area contributed by atoms with Crippen molar-refractivity contribution < 1.29 is 9.90 Å². The molecule has 0 bridgehead atoms. The third-order valence-electron chi connectivity index (χ3n) is 2.88. The first kappa shape index (κ1) is 13.4. The number of amides is 1. The van der Waals surface area contributed by atoms with Crippen LogP contribution in [0.4, 0.5) is 0 Å². The minimum Gasteiger partial charge on any atom is -0.394 e. The average Bonchev–Trinajstić information content (AvgIpc) is 2.21. The molecule has 4 nitrogen and oxygen atoms in total. The fraction of sp³-hybridized carbons (Fsp3) is 0.900. The molecule has 0 saturated carbocycles. The summed E-state index contributed by atoms with van der Waals surface area (Å²) in [7, 11) is 0. The molecule has 1 atom stereocenters. The van der Waals surface area contributed by atoms with Crippen LogP contribution >= 0.6 is 0 Å². The zero-order valence-electron chi connectivity index (χ0n) is 9.34. The van der Waals surface area contributed by atoms with Crippen LogP contribution in [0.5, 0.6) is 0 Å².